The molecule has 0 fully saturated rings. The summed E-state index contributed by atoms with van der Waals surface area (Å²) in [5.41, 5.74) is 4.18. The average molecular weight is 275 g/mol. The number of H-pyrrole nitrogens is 1. The van der Waals surface area contributed by atoms with E-state index in [-0.39, 0.29) is 0 Å². The molecule has 0 bridgehead atoms. The van der Waals surface area contributed by atoms with E-state index in [4.69, 9.17) is 0 Å². The fourth-order valence-corrected chi connectivity index (χ4v) is 2.22. The fourth-order valence-electron chi connectivity index (χ4n) is 2.22. The molecule has 0 saturated carbocycles. The van der Waals surface area contributed by atoms with E-state index in [1.807, 2.05) is 26.4 Å². The number of rotatable bonds is 1. The summed E-state index contributed by atoms with van der Waals surface area (Å²) in [6.07, 6.45) is 13.0. The quantitative estimate of drug-likeness (QED) is 0.810. The Hall–Kier alpha value is -2.73. The highest BCUT2D eigenvalue weighted by Crippen LogP contribution is 2.14. The Morgan fingerprint density at radius 3 is 2.90 bits per heavy atom. The van der Waals surface area contributed by atoms with Crippen LogP contribution in [0.1, 0.15) is 12.1 Å². The monoisotopic (exact) mass is 275 g/mol. The number of hydrogen-bond acceptors (Lipinski definition) is 2. The third kappa shape index (κ3) is 3.06. The molecule has 1 aliphatic carbocycles. The summed E-state index contributed by atoms with van der Waals surface area (Å²) in [5.74, 6) is 6.41. The first-order chi connectivity index (χ1) is 10.2. The van der Waals surface area contributed by atoms with E-state index in [9.17, 15) is 0 Å². The summed E-state index contributed by atoms with van der Waals surface area (Å²) >= 11 is 0. The lowest BCUT2D eigenvalue weighted by molar-refractivity contribution is 0.528. The van der Waals surface area contributed by atoms with E-state index < -0.39 is 0 Å². The van der Waals surface area contributed by atoms with Crippen LogP contribution in [0.25, 0.3) is 10.9 Å². The van der Waals surface area contributed by atoms with Gasteiger partial charge in [0, 0.05) is 36.9 Å². The lowest BCUT2D eigenvalue weighted by atomic mass is 10.2. The number of likely N-dealkylation sites (N-methyl/N-ethyl adjacent to an activating group) is 1. The second-order valence-corrected chi connectivity index (χ2v) is 5.15. The normalized spacial score (nSPS) is 14.0. The largest absolute Gasteiger partial charge is 0.378 e. The molecule has 0 unspecified atom stereocenters. The molecule has 3 rings (SSSR count). The molecule has 2 aromatic rings. The SMILES string of the molecule is CN(C)C1=CCC=C(C#Cc2cc3ccncc3[nH]2)C=C1. The zero-order valence-corrected chi connectivity index (χ0v) is 12.2. The highest BCUT2D eigenvalue weighted by molar-refractivity contribution is 5.80. The van der Waals surface area contributed by atoms with Gasteiger partial charge in [-0.15, -0.1) is 0 Å². The number of fused-ring (bicyclic) bond motifs is 1. The van der Waals surface area contributed by atoms with Gasteiger partial charge < -0.3 is 9.88 Å². The van der Waals surface area contributed by atoms with Gasteiger partial charge in [-0.2, -0.15) is 0 Å². The van der Waals surface area contributed by atoms with Crippen molar-refractivity contribution in [3.63, 3.8) is 0 Å². The van der Waals surface area contributed by atoms with Gasteiger partial charge in [-0.25, -0.2) is 0 Å². The summed E-state index contributed by atoms with van der Waals surface area (Å²) in [7, 11) is 4.09. The number of hydrogen-bond donors (Lipinski definition) is 1. The van der Waals surface area contributed by atoms with Gasteiger partial charge >= 0.3 is 0 Å². The molecule has 104 valence electrons. The van der Waals surface area contributed by atoms with Crippen LogP contribution in [0.4, 0.5) is 0 Å². The minimum atomic E-state index is 0.904. The Labute approximate surface area is 124 Å². The van der Waals surface area contributed by atoms with E-state index in [2.05, 4.69) is 57.1 Å². The molecule has 0 spiro atoms. The molecule has 1 aliphatic rings. The lowest BCUT2D eigenvalue weighted by Crippen LogP contribution is -2.08. The molecule has 2 heterocycles. The maximum atomic E-state index is 4.10. The van der Waals surface area contributed by atoms with Gasteiger partial charge in [-0.05, 0) is 36.6 Å². The van der Waals surface area contributed by atoms with Crippen LogP contribution in [-0.4, -0.2) is 29.0 Å². The number of allylic oxidation sites excluding steroid dienone is 5. The van der Waals surface area contributed by atoms with Crippen molar-refractivity contribution in [1.29, 1.82) is 0 Å². The second-order valence-electron chi connectivity index (χ2n) is 5.15. The van der Waals surface area contributed by atoms with Crippen LogP contribution in [-0.2, 0) is 0 Å². The summed E-state index contributed by atoms with van der Waals surface area (Å²) in [6.45, 7) is 0. The third-order valence-corrected chi connectivity index (χ3v) is 3.38. The van der Waals surface area contributed by atoms with E-state index in [0.29, 0.717) is 0 Å². The van der Waals surface area contributed by atoms with Crippen LogP contribution in [0.5, 0.6) is 0 Å². The summed E-state index contributed by atoms with van der Waals surface area (Å²) in [4.78, 5) is 9.47. The summed E-state index contributed by atoms with van der Waals surface area (Å²) in [6, 6.07) is 4.03. The third-order valence-electron chi connectivity index (χ3n) is 3.38. The number of pyridine rings is 1. The first-order valence-electron chi connectivity index (χ1n) is 6.93. The van der Waals surface area contributed by atoms with Crippen molar-refractivity contribution in [2.45, 2.75) is 6.42 Å². The average Bonchev–Trinajstić information content (AvgIpc) is 2.74. The smallest absolute Gasteiger partial charge is 0.0908 e. The first-order valence-corrected chi connectivity index (χ1v) is 6.93. The number of aromatic amines is 1. The van der Waals surface area contributed by atoms with Crippen LogP contribution in [0, 0.1) is 11.8 Å². The van der Waals surface area contributed by atoms with Crippen molar-refractivity contribution in [2.75, 3.05) is 14.1 Å². The van der Waals surface area contributed by atoms with Crippen molar-refractivity contribution in [3.8, 4) is 11.8 Å². The van der Waals surface area contributed by atoms with Gasteiger partial charge in [0.2, 0.25) is 0 Å². The Balaban J connectivity index is 1.82. The second kappa shape index (κ2) is 5.72. The highest BCUT2D eigenvalue weighted by atomic mass is 15.1. The van der Waals surface area contributed by atoms with Crippen LogP contribution < -0.4 is 0 Å². The van der Waals surface area contributed by atoms with E-state index >= 15 is 0 Å². The van der Waals surface area contributed by atoms with Crippen LogP contribution in [0.15, 0.2) is 60.1 Å². The molecule has 2 aromatic heterocycles. The van der Waals surface area contributed by atoms with E-state index in [1.54, 1.807) is 6.20 Å². The summed E-state index contributed by atoms with van der Waals surface area (Å²) in [5, 5.41) is 1.14. The zero-order valence-electron chi connectivity index (χ0n) is 12.2. The molecule has 0 saturated heterocycles. The highest BCUT2D eigenvalue weighted by Gasteiger charge is 1.99. The fraction of sp³-hybridized carbons (Fsp3) is 0.167. The van der Waals surface area contributed by atoms with Crippen molar-refractivity contribution in [1.82, 2.24) is 14.9 Å². The van der Waals surface area contributed by atoms with Crippen molar-refractivity contribution in [3.05, 3.63) is 65.8 Å². The Bertz CT molecular complexity index is 775. The predicted octanol–water partition coefficient (Wildman–Crippen LogP) is 3.25. The molecular weight excluding hydrogens is 258 g/mol. The van der Waals surface area contributed by atoms with Gasteiger partial charge in [-0.1, -0.05) is 18.1 Å². The van der Waals surface area contributed by atoms with Gasteiger partial charge in [0.05, 0.1) is 17.4 Å². The number of nitrogens with zero attached hydrogens (tertiary/aromatic N) is 2. The van der Waals surface area contributed by atoms with Crippen molar-refractivity contribution in [2.24, 2.45) is 0 Å². The topological polar surface area (TPSA) is 31.9 Å². The maximum absolute atomic E-state index is 4.10. The zero-order chi connectivity index (χ0) is 14.7. The first kappa shape index (κ1) is 13.3. The van der Waals surface area contributed by atoms with Gasteiger partial charge in [0.1, 0.15) is 0 Å². The standard InChI is InChI=1S/C18H17N3/c1-21(2)17-5-3-4-14(7-9-17)6-8-16-12-15-10-11-19-13-18(15)20-16/h4-5,7,9-13,20H,3H2,1-2H3. The molecule has 3 nitrogen and oxygen atoms in total. The minimum Gasteiger partial charge on any atom is -0.378 e. The van der Waals surface area contributed by atoms with Crippen LogP contribution in [0.2, 0.25) is 0 Å². The maximum Gasteiger partial charge on any atom is 0.0908 e. The minimum absolute atomic E-state index is 0.904. The van der Waals surface area contributed by atoms with Crippen molar-refractivity contribution >= 4 is 10.9 Å². The molecular formula is C18H17N3. The molecule has 0 amide bonds. The van der Waals surface area contributed by atoms with Crippen LogP contribution in [0.3, 0.4) is 0 Å². The Morgan fingerprint density at radius 2 is 2.10 bits per heavy atom. The Morgan fingerprint density at radius 1 is 1.19 bits per heavy atom. The van der Waals surface area contributed by atoms with Gasteiger partial charge in [-0.3, -0.25) is 4.98 Å². The van der Waals surface area contributed by atoms with Gasteiger partial charge in [0.25, 0.3) is 0 Å². The Kier molecular flexibility index (Phi) is 3.61. The number of nitrogens with one attached hydrogen (secondary N) is 1. The number of aromatic nitrogens is 2. The molecule has 0 aliphatic heterocycles. The van der Waals surface area contributed by atoms with Crippen LogP contribution >= 0.6 is 0 Å². The molecule has 0 atom stereocenters. The lowest BCUT2D eigenvalue weighted by Gasteiger charge is -2.12. The molecule has 0 radical (unpaired) electrons. The molecule has 3 heteroatoms. The molecule has 0 aromatic carbocycles. The molecule has 21 heavy (non-hydrogen) atoms. The van der Waals surface area contributed by atoms with E-state index in [1.165, 1.54) is 5.70 Å². The van der Waals surface area contributed by atoms with E-state index in [0.717, 1.165) is 28.6 Å². The van der Waals surface area contributed by atoms with Gasteiger partial charge in [0.15, 0.2) is 0 Å². The predicted molar refractivity (Wildman–Crippen MR) is 86.6 cm³/mol. The molecule has 1 N–H and O–H groups in total. The summed E-state index contributed by atoms with van der Waals surface area (Å²) < 4.78 is 0. The van der Waals surface area contributed by atoms with Crippen molar-refractivity contribution < 1.29 is 0 Å².